The lowest BCUT2D eigenvalue weighted by molar-refractivity contribution is 1.37. The lowest BCUT2D eigenvalue weighted by atomic mass is 10.0. The average Bonchev–Trinajstić information content (AvgIpc) is 2.51. The molecule has 20 heavy (non-hydrogen) atoms. The highest BCUT2D eigenvalue weighted by atomic mass is 35.5. The van der Waals surface area contributed by atoms with E-state index in [2.05, 4.69) is 30.4 Å². The zero-order valence-corrected chi connectivity index (χ0v) is 12.2. The smallest absolute Gasteiger partial charge is 0.0919 e. The van der Waals surface area contributed by atoms with Crippen molar-refractivity contribution in [3.05, 3.63) is 59.1 Å². The molecule has 3 heteroatoms. The molecule has 0 aliphatic rings. The van der Waals surface area contributed by atoms with E-state index in [-0.39, 0.29) is 0 Å². The van der Waals surface area contributed by atoms with E-state index in [0.717, 1.165) is 27.8 Å². The van der Waals surface area contributed by atoms with Crippen LogP contribution in [-0.2, 0) is 0 Å². The zero-order chi connectivity index (χ0) is 14.1. The minimum atomic E-state index is 0.680. The molecular formula is C17H15ClN2. The Labute approximate surface area is 123 Å². The van der Waals surface area contributed by atoms with E-state index in [0.29, 0.717) is 5.02 Å². The quantitative estimate of drug-likeness (QED) is 0.723. The molecule has 1 heterocycles. The molecule has 2 aromatic carbocycles. The fourth-order valence-electron chi connectivity index (χ4n) is 2.43. The van der Waals surface area contributed by atoms with Crippen molar-refractivity contribution in [1.82, 2.24) is 4.98 Å². The van der Waals surface area contributed by atoms with Crippen LogP contribution < -0.4 is 5.32 Å². The van der Waals surface area contributed by atoms with E-state index in [4.69, 9.17) is 16.6 Å². The van der Waals surface area contributed by atoms with E-state index >= 15 is 0 Å². The summed E-state index contributed by atoms with van der Waals surface area (Å²) in [5.41, 5.74) is 5.07. The van der Waals surface area contributed by atoms with Crippen molar-refractivity contribution < 1.29 is 0 Å². The highest BCUT2D eigenvalue weighted by Gasteiger charge is 2.11. The molecule has 3 aromatic rings. The van der Waals surface area contributed by atoms with Gasteiger partial charge in [0.05, 0.1) is 16.2 Å². The number of pyridine rings is 1. The Bertz CT molecular complexity index is 767. The van der Waals surface area contributed by atoms with Crippen molar-refractivity contribution in [2.24, 2.45) is 0 Å². The van der Waals surface area contributed by atoms with E-state index in [9.17, 15) is 0 Å². The minimum absolute atomic E-state index is 0.680. The van der Waals surface area contributed by atoms with Gasteiger partial charge in [-0.15, -0.1) is 0 Å². The number of halogens is 1. The van der Waals surface area contributed by atoms with Crippen LogP contribution in [0.5, 0.6) is 0 Å². The fraction of sp³-hybridized carbons (Fsp3) is 0.118. The molecule has 1 aromatic heterocycles. The Morgan fingerprint density at radius 1 is 1.05 bits per heavy atom. The molecule has 0 saturated carbocycles. The molecular weight excluding hydrogens is 268 g/mol. The van der Waals surface area contributed by atoms with E-state index in [1.165, 1.54) is 5.56 Å². The van der Waals surface area contributed by atoms with Crippen LogP contribution in [-0.4, -0.2) is 12.0 Å². The second kappa shape index (κ2) is 5.14. The van der Waals surface area contributed by atoms with Gasteiger partial charge in [0.25, 0.3) is 0 Å². The number of fused-ring (bicyclic) bond motifs is 1. The summed E-state index contributed by atoms with van der Waals surface area (Å²) < 4.78 is 0. The zero-order valence-electron chi connectivity index (χ0n) is 11.4. The molecule has 1 N–H and O–H groups in total. The standard InChI is InChI=1S/C17H15ClN2/c1-11-8-9-13(18)17-16(11)15(19-2)10-14(20-17)12-6-4-3-5-7-12/h3-10H,1-2H3,(H,19,20). The number of aryl methyl sites for hydroxylation is 1. The molecule has 0 aliphatic heterocycles. The van der Waals surface area contributed by atoms with Crippen LogP contribution in [0, 0.1) is 6.92 Å². The summed E-state index contributed by atoms with van der Waals surface area (Å²) in [6.45, 7) is 2.07. The highest BCUT2D eigenvalue weighted by molar-refractivity contribution is 6.35. The number of aromatic nitrogens is 1. The van der Waals surface area contributed by atoms with Crippen LogP contribution in [0.25, 0.3) is 22.2 Å². The molecule has 0 amide bonds. The van der Waals surface area contributed by atoms with Gasteiger partial charge in [-0.25, -0.2) is 4.98 Å². The third-order valence-electron chi connectivity index (χ3n) is 3.46. The number of anilines is 1. The fourth-order valence-corrected chi connectivity index (χ4v) is 2.63. The van der Waals surface area contributed by atoms with Gasteiger partial charge >= 0.3 is 0 Å². The van der Waals surface area contributed by atoms with E-state index < -0.39 is 0 Å². The van der Waals surface area contributed by atoms with Gasteiger partial charge in [-0.1, -0.05) is 48.0 Å². The van der Waals surface area contributed by atoms with Crippen molar-refractivity contribution >= 4 is 28.2 Å². The van der Waals surface area contributed by atoms with Gasteiger partial charge in [0.2, 0.25) is 0 Å². The lowest BCUT2D eigenvalue weighted by Gasteiger charge is -2.12. The van der Waals surface area contributed by atoms with Crippen LogP contribution in [0.15, 0.2) is 48.5 Å². The van der Waals surface area contributed by atoms with Gasteiger partial charge in [0.1, 0.15) is 0 Å². The maximum Gasteiger partial charge on any atom is 0.0919 e. The number of nitrogens with zero attached hydrogens (tertiary/aromatic N) is 1. The highest BCUT2D eigenvalue weighted by Crippen LogP contribution is 2.33. The summed E-state index contributed by atoms with van der Waals surface area (Å²) in [6, 6.07) is 16.1. The Balaban J connectivity index is 2.35. The SMILES string of the molecule is CNc1cc(-c2ccccc2)nc2c(Cl)ccc(C)c12. The first-order chi connectivity index (χ1) is 9.70. The minimum Gasteiger partial charge on any atom is -0.388 e. The predicted octanol–water partition coefficient (Wildman–Crippen LogP) is 4.91. The molecule has 0 fully saturated rings. The second-order valence-corrected chi connectivity index (χ2v) is 5.17. The topological polar surface area (TPSA) is 24.9 Å². The monoisotopic (exact) mass is 282 g/mol. The number of benzene rings is 2. The second-order valence-electron chi connectivity index (χ2n) is 4.76. The Morgan fingerprint density at radius 3 is 2.50 bits per heavy atom. The first-order valence-electron chi connectivity index (χ1n) is 6.53. The molecule has 0 spiro atoms. The normalized spacial score (nSPS) is 10.8. The Morgan fingerprint density at radius 2 is 1.80 bits per heavy atom. The van der Waals surface area contributed by atoms with Gasteiger partial charge < -0.3 is 5.32 Å². The van der Waals surface area contributed by atoms with Gasteiger partial charge in [0.15, 0.2) is 0 Å². The summed E-state index contributed by atoms with van der Waals surface area (Å²) in [6.07, 6.45) is 0. The Hall–Kier alpha value is -2.06. The van der Waals surface area contributed by atoms with Crippen molar-refractivity contribution in [3.8, 4) is 11.3 Å². The predicted molar refractivity (Wildman–Crippen MR) is 86.5 cm³/mol. The molecule has 0 aliphatic carbocycles. The molecule has 0 atom stereocenters. The Kier molecular flexibility index (Phi) is 3.33. The van der Waals surface area contributed by atoms with Gasteiger partial charge in [-0.05, 0) is 24.6 Å². The molecule has 0 unspecified atom stereocenters. The molecule has 2 nitrogen and oxygen atoms in total. The van der Waals surface area contributed by atoms with E-state index in [1.807, 2.05) is 37.4 Å². The van der Waals surface area contributed by atoms with Gasteiger partial charge in [0, 0.05) is 23.7 Å². The third-order valence-corrected chi connectivity index (χ3v) is 3.76. The average molecular weight is 283 g/mol. The van der Waals surface area contributed by atoms with Crippen LogP contribution in [0.3, 0.4) is 0 Å². The first-order valence-corrected chi connectivity index (χ1v) is 6.91. The van der Waals surface area contributed by atoms with Gasteiger partial charge in [-0.2, -0.15) is 0 Å². The molecule has 100 valence electrons. The van der Waals surface area contributed by atoms with E-state index in [1.54, 1.807) is 0 Å². The molecule has 0 saturated heterocycles. The van der Waals surface area contributed by atoms with Crippen LogP contribution >= 0.6 is 11.6 Å². The summed E-state index contributed by atoms with van der Waals surface area (Å²) in [4.78, 5) is 4.74. The van der Waals surface area contributed by atoms with Gasteiger partial charge in [-0.3, -0.25) is 0 Å². The maximum atomic E-state index is 6.33. The largest absolute Gasteiger partial charge is 0.388 e. The van der Waals surface area contributed by atoms with Crippen LogP contribution in [0.1, 0.15) is 5.56 Å². The maximum absolute atomic E-state index is 6.33. The first kappa shape index (κ1) is 12.9. The summed E-state index contributed by atoms with van der Waals surface area (Å²) in [5, 5.41) is 5.01. The summed E-state index contributed by atoms with van der Waals surface area (Å²) in [5.74, 6) is 0. The van der Waals surface area contributed by atoms with Crippen molar-refractivity contribution in [1.29, 1.82) is 0 Å². The van der Waals surface area contributed by atoms with Crippen molar-refractivity contribution in [2.45, 2.75) is 6.92 Å². The summed E-state index contributed by atoms with van der Waals surface area (Å²) >= 11 is 6.33. The number of hydrogen-bond donors (Lipinski definition) is 1. The lowest BCUT2D eigenvalue weighted by Crippen LogP contribution is -1.96. The van der Waals surface area contributed by atoms with Crippen molar-refractivity contribution in [3.63, 3.8) is 0 Å². The number of rotatable bonds is 2. The number of hydrogen-bond acceptors (Lipinski definition) is 2. The van der Waals surface area contributed by atoms with Crippen LogP contribution in [0.2, 0.25) is 5.02 Å². The molecule has 0 radical (unpaired) electrons. The summed E-state index contributed by atoms with van der Waals surface area (Å²) in [7, 11) is 1.92. The third kappa shape index (κ3) is 2.12. The van der Waals surface area contributed by atoms with Crippen LogP contribution in [0.4, 0.5) is 5.69 Å². The van der Waals surface area contributed by atoms with Crippen molar-refractivity contribution in [2.75, 3.05) is 12.4 Å². The number of nitrogens with one attached hydrogen (secondary N) is 1. The molecule has 3 rings (SSSR count). The molecule has 0 bridgehead atoms.